The summed E-state index contributed by atoms with van der Waals surface area (Å²) in [5.74, 6) is 2.02. The van der Waals surface area contributed by atoms with Gasteiger partial charge in [0.2, 0.25) is 5.71 Å². The second kappa shape index (κ2) is 12.3. The minimum atomic E-state index is -0.235. The molecule has 0 unspecified atom stereocenters. The van der Waals surface area contributed by atoms with E-state index in [0.29, 0.717) is 24.7 Å². The normalized spacial score (nSPS) is 10.9. The molecular weight excluding hydrogens is 498 g/mol. The summed E-state index contributed by atoms with van der Waals surface area (Å²) < 4.78 is 6.28. The van der Waals surface area contributed by atoms with E-state index in [4.69, 9.17) is 16.0 Å². The minimum Gasteiger partial charge on any atom is -0.437 e. The van der Waals surface area contributed by atoms with Crippen LogP contribution in [0, 0.1) is 0 Å². The largest absolute Gasteiger partial charge is 0.437 e. The number of benzene rings is 3. The van der Waals surface area contributed by atoms with Crippen LogP contribution < -0.4 is 16.0 Å². The molecule has 7 nitrogen and oxygen atoms in total. The Balaban J connectivity index is 1.33. The first-order valence-electron chi connectivity index (χ1n) is 12.5. The van der Waals surface area contributed by atoms with Crippen LogP contribution in [0.25, 0.3) is 33.6 Å². The number of halogens is 1. The summed E-state index contributed by atoms with van der Waals surface area (Å²) in [6.07, 6.45) is 3.03. The maximum absolute atomic E-state index is 11.9. The van der Waals surface area contributed by atoms with Crippen LogP contribution in [0.1, 0.15) is 12.0 Å². The number of alkyl halides is 1. The molecule has 0 fully saturated rings. The van der Waals surface area contributed by atoms with Crippen molar-refractivity contribution in [3.05, 3.63) is 96.8 Å². The zero-order chi connectivity index (χ0) is 26.2. The summed E-state index contributed by atoms with van der Waals surface area (Å²) in [5.41, 5.74) is 5.40. The van der Waals surface area contributed by atoms with Crippen LogP contribution >= 0.6 is 11.6 Å². The Morgan fingerprint density at radius 2 is 1.55 bits per heavy atom. The van der Waals surface area contributed by atoms with Crippen LogP contribution in [0.5, 0.6) is 0 Å². The lowest BCUT2D eigenvalue weighted by atomic mass is 9.99. The van der Waals surface area contributed by atoms with E-state index in [1.165, 1.54) is 6.33 Å². The number of nitrogens with zero attached hydrogens (tertiary/aromatic N) is 2. The molecule has 3 aromatic carbocycles. The van der Waals surface area contributed by atoms with Gasteiger partial charge in [0.05, 0.1) is 5.39 Å². The van der Waals surface area contributed by atoms with Gasteiger partial charge in [0.25, 0.3) is 0 Å². The van der Waals surface area contributed by atoms with Gasteiger partial charge in [-0.05, 0) is 36.1 Å². The van der Waals surface area contributed by atoms with E-state index in [9.17, 15) is 4.79 Å². The van der Waals surface area contributed by atoms with Gasteiger partial charge in [-0.1, -0.05) is 72.8 Å². The van der Waals surface area contributed by atoms with E-state index in [0.717, 1.165) is 57.7 Å². The summed E-state index contributed by atoms with van der Waals surface area (Å²) in [6.45, 7) is 1.21. The number of rotatable bonds is 10. The third-order valence-electron chi connectivity index (χ3n) is 6.10. The Hall–Kier alpha value is -4.36. The number of hydrogen-bond donors (Lipinski definition) is 3. The molecule has 5 aromatic rings. The van der Waals surface area contributed by atoms with Crippen molar-refractivity contribution in [1.82, 2.24) is 15.3 Å². The van der Waals surface area contributed by atoms with Crippen molar-refractivity contribution >= 4 is 40.2 Å². The van der Waals surface area contributed by atoms with Gasteiger partial charge in [0.1, 0.15) is 17.9 Å². The lowest BCUT2D eigenvalue weighted by molar-refractivity contribution is 0.252. The van der Waals surface area contributed by atoms with Gasteiger partial charge in [-0.2, -0.15) is 0 Å². The molecule has 0 saturated carbocycles. The number of aromatic nitrogens is 2. The predicted molar refractivity (Wildman–Crippen MR) is 154 cm³/mol. The number of carbonyl (C=O) groups is 1. The highest BCUT2D eigenvalue weighted by Gasteiger charge is 2.21. The van der Waals surface area contributed by atoms with Crippen molar-refractivity contribution in [2.75, 3.05) is 29.6 Å². The van der Waals surface area contributed by atoms with E-state index in [1.54, 1.807) is 0 Å². The average molecular weight is 526 g/mol. The van der Waals surface area contributed by atoms with Crippen molar-refractivity contribution < 1.29 is 9.21 Å². The van der Waals surface area contributed by atoms with E-state index in [-0.39, 0.29) is 6.03 Å². The Labute approximate surface area is 226 Å². The Bertz CT molecular complexity index is 1490. The highest BCUT2D eigenvalue weighted by Crippen LogP contribution is 2.42. The molecule has 0 bridgehead atoms. The summed E-state index contributed by atoms with van der Waals surface area (Å²) >= 11 is 5.65. The van der Waals surface area contributed by atoms with E-state index < -0.39 is 0 Å². The molecule has 3 N–H and O–H groups in total. The SMILES string of the molecule is O=C(NCCCCl)Nc1ccc(CCNc2ncnc3oc(-c4ccccc4)c(-c4ccccc4)c23)cc1. The molecule has 2 aromatic heterocycles. The van der Waals surface area contributed by atoms with Gasteiger partial charge in [-0.15, -0.1) is 11.6 Å². The second-order valence-electron chi connectivity index (χ2n) is 8.74. The molecule has 8 heteroatoms. The molecule has 0 aliphatic heterocycles. The first-order valence-corrected chi connectivity index (χ1v) is 13.1. The molecular formula is C30H28ClN5O2. The monoisotopic (exact) mass is 525 g/mol. The molecule has 192 valence electrons. The zero-order valence-corrected chi connectivity index (χ0v) is 21.5. The first-order chi connectivity index (χ1) is 18.7. The number of carbonyl (C=O) groups excluding carboxylic acids is 1. The van der Waals surface area contributed by atoms with Gasteiger partial charge < -0.3 is 20.4 Å². The van der Waals surface area contributed by atoms with E-state index in [1.807, 2.05) is 72.8 Å². The number of nitrogens with one attached hydrogen (secondary N) is 3. The molecule has 0 radical (unpaired) electrons. The van der Waals surface area contributed by atoms with Crippen LogP contribution in [0.4, 0.5) is 16.3 Å². The maximum atomic E-state index is 11.9. The fourth-order valence-corrected chi connectivity index (χ4v) is 4.40. The third-order valence-corrected chi connectivity index (χ3v) is 6.37. The summed E-state index contributed by atoms with van der Waals surface area (Å²) in [4.78, 5) is 20.9. The van der Waals surface area contributed by atoms with E-state index in [2.05, 4.69) is 38.1 Å². The van der Waals surface area contributed by atoms with Crippen LogP contribution in [0.2, 0.25) is 0 Å². The van der Waals surface area contributed by atoms with Crippen LogP contribution in [0.15, 0.2) is 95.7 Å². The van der Waals surface area contributed by atoms with Gasteiger partial charge in [-0.25, -0.2) is 14.8 Å². The summed E-state index contributed by atoms with van der Waals surface area (Å²) in [7, 11) is 0. The van der Waals surface area contributed by atoms with Crippen LogP contribution in [-0.2, 0) is 6.42 Å². The predicted octanol–water partition coefficient (Wildman–Crippen LogP) is 6.96. The maximum Gasteiger partial charge on any atom is 0.319 e. The molecule has 0 atom stereocenters. The number of anilines is 2. The lowest BCUT2D eigenvalue weighted by Crippen LogP contribution is -2.29. The summed E-state index contributed by atoms with van der Waals surface area (Å²) in [5, 5.41) is 9.95. The minimum absolute atomic E-state index is 0.235. The average Bonchev–Trinajstić information content (AvgIpc) is 3.36. The highest BCUT2D eigenvalue weighted by atomic mass is 35.5. The van der Waals surface area contributed by atoms with Crippen LogP contribution in [-0.4, -0.2) is 35.0 Å². The second-order valence-corrected chi connectivity index (χ2v) is 9.12. The zero-order valence-electron chi connectivity index (χ0n) is 20.8. The molecule has 0 aliphatic rings. The molecule has 2 heterocycles. The number of amides is 2. The third kappa shape index (κ3) is 5.95. The highest BCUT2D eigenvalue weighted by molar-refractivity contribution is 6.17. The van der Waals surface area contributed by atoms with Gasteiger partial charge in [0.15, 0.2) is 0 Å². The smallest absolute Gasteiger partial charge is 0.319 e. The molecule has 0 spiro atoms. The molecule has 38 heavy (non-hydrogen) atoms. The summed E-state index contributed by atoms with van der Waals surface area (Å²) in [6, 6.07) is 27.8. The Kier molecular flexibility index (Phi) is 8.16. The van der Waals surface area contributed by atoms with Crippen molar-refractivity contribution in [2.45, 2.75) is 12.8 Å². The van der Waals surface area contributed by atoms with Crippen molar-refractivity contribution in [3.63, 3.8) is 0 Å². The lowest BCUT2D eigenvalue weighted by Gasteiger charge is -2.10. The van der Waals surface area contributed by atoms with Gasteiger partial charge >= 0.3 is 6.03 Å². The molecule has 0 saturated heterocycles. The van der Waals surface area contributed by atoms with E-state index >= 15 is 0 Å². The Morgan fingerprint density at radius 3 is 2.26 bits per heavy atom. The first kappa shape index (κ1) is 25.3. The number of urea groups is 1. The topological polar surface area (TPSA) is 92.1 Å². The molecule has 0 aliphatic carbocycles. The fraction of sp³-hybridized carbons (Fsp3) is 0.167. The fourth-order valence-electron chi connectivity index (χ4n) is 4.26. The quantitative estimate of drug-likeness (QED) is 0.135. The van der Waals surface area contributed by atoms with Crippen LogP contribution in [0.3, 0.4) is 0 Å². The number of hydrogen-bond acceptors (Lipinski definition) is 5. The standard InChI is InChI=1S/C30H28ClN5O2/c31-17-7-18-33-30(37)36-24-14-12-21(13-15-24)16-19-32-28-26-25(22-8-3-1-4-9-22)27(23-10-5-2-6-11-23)38-29(26)35-20-34-28/h1-6,8-15,20H,7,16-19H2,(H,32,34,35)(H2,33,36,37). The van der Waals surface area contributed by atoms with Gasteiger partial charge in [0, 0.05) is 35.8 Å². The molecule has 2 amide bonds. The van der Waals surface area contributed by atoms with Crippen molar-refractivity contribution in [2.24, 2.45) is 0 Å². The number of fused-ring (bicyclic) bond motifs is 1. The van der Waals surface area contributed by atoms with Crippen molar-refractivity contribution in [3.8, 4) is 22.5 Å². The molecule has 5 rings (SSSR count). The Morgan fingerprint density at radius 1 is 0.842 bits per heavy atom. The number of furan rings is 1. The van der Waals surface area contributed by atoms with Gasteiger partial charge in [-0.3, -0.25) is 0 Å². The van der Waals surface area contributed by atoms with Crippen molar-refractivity contribution in [1.29, 1.82) is 0 Å².